The maximum Gasteiger partial charge on any atom is 0.251 e. The Morgan fingerprint density at radius 3 is 2.34 bits per heavy atom. The third kappa shape index (κ3) is 8.17. The molecule has 3 rings (SSSR count). The van der Waals surface area contributed by atoms with Crippen molar-refractivity contribution in [2.24, 2.45) is 5.73 Å². The first-order valence-corrected chi connectivity index (χ1v) is 9.36. The number of amides is 2. The van der Waals surface area contributed by atoms with E-state index in [9.17, 15) is 9.59 Å². The molecule has 0 aliphatic carbocycles. The monoisotopic (exact) mass is 427 g/mol. The second kappa shape index (κ2) is 11.6. The predicted molar refractivity (Wildman–Crippen MR) is 117 cm³/mol. The number of rotatable bonds is 5. The fourth-order valence-corrected chi connectivity index (χ4v) is 2.58. The first-order valence-electron chi connectivity index (χ1n) is 8.60. The van der Waals surface area contributed by atoms with Gasteiger partial charge in [0.1, 0.15) is 0 Å². The third-order valence-electron chi connectivity index (χ3n) is 3.63. The number of halogens is 2. The SMILES string of the molecule is NC(=O)/C=C/c1ccncc1.O=C(NCc1cc(Cl)ccc1Cl)c1ccccc1. The van der Waals surface area contributed by atoms with Gasteiger partial charge >= 0.3 is 0 Å². The topological polar surface area (TPSA) is 85.1 Å². The van der Waals surface area contributed by atoms with Gasteiger partial charge in [-0.25, -0.2) is 0 Å². The molecule has 0 spiro atoms. The molecule has 0 aliphatic heterocycles. The summed E-state index contributed by atoms with van der Waals surface area (Å²) in [7, 11) is 0. The van der Waals surface area contributed by atoms with E-state index in [4.69, 9.17) is 28.9 Å². The molecule has 0 atom stereocenters. The highest BCUT2D eigenvalue weighted by atomic mass is 35.5. The first-order chi connectivity index (χ1) is 14.0. The van der Waals surface area contributed by atoms with Crippen LogP contribution in [0.15, 0.2) is 79.1 Å². The van der Waals surface area contributed by atoms with Crippen LogP contribution in [-0.2, 0) is 11.3 Å². The van der Waals surface area contributed by atoms with Gasteiger partial charge in [0.15, 0.2) is 0 Å². The number of carbonyl (C=O) groups is 2. The Hall–Kier alpha value is -3.15. The lowest BCUT2D eigenvalue weighted by molar-refractivity contribution is -0.113. The summed E-state index contributed by atoms with van der Waals surface area (Å²) in [4.78, 5) is 25.9. The third-order valence-corrected chi connectivity index (χ3v) is 4.23. The second-order valence-corrected chi connectivity index (χ2v) is 6.64. The maximum atomic E-state index is 11.8. The Kier molecular flexibility index (Phi) is 8.89. The van der Waals surface area contributed by atoms with Crippen LogP contribution in [0.2, 0.25) is 10.0 Å². The predicted octanol–water partition coefficient (Wildman–Crippen LogP) is 4.50. The summed E-state index contributed by atoms with van der Waals surface area (Å²) in [6, 6.07) is 17.8. The minimum atomic E-state index is -0.443. The summed E-state index contributed by atoms with van der Waals surface area (Å²) in [5.74, 6) is -0.576. The van der Waals surface area contributed by atoms with E-state index in [0.717, 1.165) is 11.1 Å². The molecular formula is C22H19Cl2N3O2. The molecule has 0 fully saturated rings. The summed E-state index contributed by atoms with van der Waals surface area (Å²) < 4.78 is 0. The highest BCUT2D eigenvalue weighted by Gasteiger charge is 2.06. The average Bonchev–Trinajstić information content (AvgIpc) is 2.74. The van der Waals surface area contributed by atoms with Crippen molar-refractivity contribution in [2.45, 2.75) is 6.54 Å². The molecule has 5 nitrogen and oxygen atoms in total. The largest absolute Gasteiger partial charge is 0.366 e. The van der Waals surface area contributed by atoms with E-state index in [1.54, 1.807) is 60.9 Å². The molecule has 3 aromatic rings. The van der Waals surface area contributed by atoms with Gasteiger partial charge in [0, 0.05) is 40.6 Å². The number of hydrogen-bond donors (Lipinski definition) is 2. The quantitative estimate of drug-likeness (QED) is 0.587. The van der Waals surface area contributed by atoms with Crippen molar-refractivity contribution in [3.05, 3.63) is 106 Å². The molecule has 0 bridgehead atoms. The molecule has 2 aromatic carbocycles. The van der Waals surface area contributed by atoms with Crippen molar-refractivity contribution in [3.63, 3.8) is 0 Å². The molecule has 29 heavy (non-hydrogen) atoms. The number of aromatic nitrogens is 1. The molecule has 0 aliphatic rings. The number of nitrogens with two attached hydrogens (primary N) is 1. The molecule has 1 aromatic heterocycles. The molecular weight excluding hydrogens is 409 g/mol. The second-order valence-electron chi connectivity index (χ2n) is 5.80. The van der Waals surface area contributed by atoms with Gasteiger partial charge in [0.25, 0.3) is 5.91 Å². The Balaban J connectivity index is 0.000000234. The molecule has 0 unspecified atom stereocenters. The minimum absolute atomic E-state index is 0.133. The van der Waals surface area contributed by atoms with E-state index < -0.39 is 5.91 Å². The fraction of sp³-hybridized carbons (Fsp3) is 0.0455. The Labute approximate surface area is 179 Å². The summed E-state index contributed by atoms with van der Waals surface area (Å²) in [5, 5.41) is 3.99. The van der Waals surface area contributed by atoms with Crippen molar-refractivity contribution < 1.29 is 9.59 Å². The zero-order chi connectivity index (χ0) is 21.1. The van der Waals surface area contributed by atoms with Gasteiger partial charge in [-0.05, 0) is 59.7 Å². The maximum absolute atomic E-state index is 11.8. The number of carbonyl (C=O) groups excluding carboxylic acids is 2. The van der Waals surface area contributed by atoms with Crippen LogP contribution in [0, 0.1) is 0 Å². The standard InChI is InChI=1S/C14H11Cl2NO.C8H8N2O/c15-12-6-7-13(16)11(8-12)9-17-14(18)10-4-2-1-3-5-10;9-8(11)2-1-7-3-5-10-6-4-7/h1-8H,9H2,(H,17,18);1-6H,(H2,9,11)/b;2-1+. The fourth-order valence-electron chi connectivity index (χ4n) is 2.20. The summed E-state index contributed by atoms with van der Waals surface area (Å²) in [6.45, 7) is 0.354. The van der Waals surface area contributed by atoms with E-state index in [0.29, 0.717) is 22.2 Å². The van der Waals surface area contributed by atoms with Gasteiger partial charge in [0.2, 0.25) is 5.91 Å². The molecule has 0 saturated heterocycles. The van der Waals surface area contributed by atoms with E-state index in [2.05, 4.69) is 10.3 Å². The number of pyridine rings is 1. The van der Waals surface area contributed by atoms with Crippen LogP contribution in [0.3, 0.4) is 0 Å². The van der Waals surface area contributed by atoms with Crippen LogP contribution in [-0.4, -0.2) is 16.8 Å². The van der Waals surface area contributed by atoms with E-state index >= 15 is 0 Å². The van der Waals surface area contributed by atoms with Crippen LogP contribution >= 0.6 is 23.2 Å². The van der Waals surface area contributed by atoms with Crippen molar-refractivity contribution in [3.8, 4) is 0 Å². The lowest BCUT2D eigenvalue weighted by Gasteiger charge is -2.07. The summed E-state index contributed by atoms with van der Waals surface area (Å²) in [6.07, 6.45) is 6.26. The number of nitrogens with zero attached hydrogens (tertiary/aromatic N) is 1. The van der Waals surface area contributed by atoms with Gasteiger partial charge in [-0.1, -0.05) is 41.4 Å². The van der Waals surface area contributed by atoms with Crippen molar-refractivity contribution in [2.75, 3.05) is 0 Å². The van der Waals surface area contributed by atoms with Gasteiger partial charge < -0.3 is 11.1 Å². The van der Waals surface area contributed by atoms with E-state index in [1.165, 1.54) is 6.08 Å². The zero-order valence-corrected chi connectivity index (χ0v) is 16.9. The number of benzene rings is 2. The highest BCUT2D eigenvalue weighted by molar-refractivity contribution is 6.33. The Morgan fingerprint density at radius 1 is 1.00 bits per heavy atom. The van der Waals surface area contributed by atoms with Gasteiger partial charge in [-0.2, -0.15) is 0 Å². The number of nitrogens with one attached hydrogen (secondary N) is 1. The van der Waals surface area contributed by atoms with Gasteiger partial charge in [-0.15, -0.1) is 0 Å². The first kappa shape index (κ1) is 22.1. The normalized spacial score (nSPS) is 10.1. The Bertz CT molecular complexity index is 978. The number of hydrogen-bond acceptors (Lipinski definition) is 3. The molecule has 1 heterocycles. The molecule has 0 saturated carbocycles. The van der Waals surface area contributed by atoms with E-state index in [-0.39, 0.29) is 5.91 Å². The Morgan fingerprint density at radius 2 is 1.69 bits per heavy atom. The van der Waals surface area contributed by atoms with Crippen LogP contribution in [0.1, 0.15) is 21.5 Å². The number of primary amides is 1. The van der Waals surface area contributed by atoms with Crippen LogP contribution < -0.4 is 11.1 Å². The van der Waals surface area contributed by atoms with E-state index in [1.807, 2.05) is 18.2 Å². The zero-order valence-electron chi connectivity index (χ0n) is 15.4. The summed E-state index contributed by atoms with van der Waals surface area (Å²) >= 11 is 11.9. The molecule has 7 heteroatoms. The molecule has 148 valence electrons. The average molecular weight is 428 g/mol. The van der Waals surface area contributed by atoms with Crippen molar-refractivity contribution in [1.82, 2.24) is 10.3 Å². The smallest absolute Gasteiger partial charge is 0.251 e. The van der Waals surface area contributed by atoms with Crippen molar-refractivity contribution >= 4 is 41.1 Å². The molecule has 0 radical (unpaired) electrons. The highest BCUT2D eigenvalue weighted by Crippen LogP contribution is 2.20. The van der Waals surface area contributed by atoms with Crippen LogP contribution in [0.4, 0.5) is 0 Å². The molecule has 3 N–H and O–H groups in total. The van der Waals surface area contributed by atoms with Crippen molar-refractivity contribution in [1.29, 1.82) is 0 Å². The summed E-state index contributed by atoms with van der Waals surface area (Å²) in [5.41, 5.74) is 7.23. The van der Waals surface area contributed by atoms with Crippen LogP contribution in [0.25, 0.3) is 6.08 Å². The lowest BCUT2D eigenvalue weighted by atomic mass is 10.2. The molecule has 2 amide bonds. The van der Waals surface area contributed by atoms with Gasteiger partial charge in [-0.3, -0.25) is 14.6 Å². The lowest BCUT2D eigenvalue weighted by Crippen LogP contribution is -2.22. The van der Waals surface area contributed by atoms with Gasteiger partial charge in [0.05, 0.1) is 0 Å². The van der Waals surface area contributed by atoms with Crippen LogP contribution in [0.5, 0.6) is 0 Å². The minimum Gasteiger partial charge on any atom is -0.366 e.